The Morgan fingerprint density at radius 2 is 2.17 bits per heavy atom. The van der Waals surface area contributed by atoms with Crippen LogP contribution in [0.2, 0.25) is 0 Å². The van der Waals surface area contributed by atoms with Crippen LogP contribution in [0.1, 0.15) is 13.3 Å². The van der Waals surface area contributed by atoms with E-state index in [2.05, 4.69) is 16.3 Å². The highest BCUT2D eigenvalue weighted by Crippen LogP contribution is 1.92. The molecule has 12 heavy (non-hydrogen) atoms. The molecule has 4 nitrogen and oxygen atoms in total. The lowest BCUT2D eigenvalue weighted by atomic mass is 10.2. The van der Waals surface area contributed by atoms with Gasteiger partial charge in [0.2, 0.25) is 5.91 Å². The molecule has 0 aromatic rings. The molecular weight excluding hydrogens is 158 g/mol. The normalized spacial score (nSPS) is 10.7. The van der Waals surface area contributed by atoms with Crippen molar-refractivity contribution in [3.8, 4) is 0 Å². The largest absolute Gasteiger partial charge is 0.465 e. The number of hydrogen-bond acceptors (Lipinski definition) is 3. The van der Waals surface area contributed by atoms with Crippen LogP contribution >= 0.6 is 0 Å². The van der Waals surface area contributed by atoms with Crippen LogP contribution in [-0.2, 0) is 14.3 Å². The molecule has 0 aliphatic carbocycles. The summed E-state index contributed by atoms with van der Waals surface area (Å²) in [6.07, 6.45) is 1.73. The maximum absolute atomic E-state index is 10.9. The number of ether oxygens (including phenoxy) is 1. The van der Waals surface area contributed by atoms with E-state index in [0.717, 1.165) is 0 Å². The molecule has 0 atom stereocenters. The van der Waals surface area contributed by atoms with Crippen molar-refractivity contribution in [2.45, 2.75) is 13.3 Å². The first kappa shape index (κ1) is 10.6. The lowest BCUT2D eigenvalue weighted by molar-refractivity contribution is -0.133. The van der Waals surface area contributed by atoms with E-state index in [9.17, 15) is 9.59 Å². The number of aliphatic imine (C=N–C) groups is 1. The number of esters is 1. The van der Waals surface area contributed by atoms with E-state index in [1.807, 2.05) is 0 Å². The second-order valence-electron chi connectivity index (χ2n) is 2.06. The number of hydrogen-bond donors (Lipinski definition) is 0. The monoisotopic (exact) mass is 169 g/mol. The van der Waals surface area contributed by atoms with Crippen molar-refractivity contribution in [3.63, 3.8) is 0 Å². The van der Waals surface area contributed by atoms with Gasteiger partial charge >= 0.3 is 5.97 Å². The summed E-state index contributed by atoms with van der Waals surface area (Å²) in [6.45, 7) is 4.69. The van der Waals surface area contributed by atoms with Gasteiger partial charge in [0.05, 0.1) is 7.11 Å². The highest BCUT2D eigenvalue weighted by atomic mass is 16.5. The predicted molar refractivity (Wildman–Crippen MR) is 44.9 cm³/mol. The maximum Gasteiger partial charge on any atom is 0.352 e. The van der Waals surface area contributed by atoms with E-state index >= 15 is 0 Å². The Morgan fingerprint density at radius 3 is 2.50 bits per heavy atom. The van der Waals surface area contributed by atoms with E-state index < -0.39 is 11.9 Å². The van der Waals surface area contributed by atoms with Crippen molar-refractivity contribution >= 4 is 17.6 Å². The van der Waals surface area contributed by atoms with Crippen LogP contribution in [0.15, 0.2) is 17.6 Å². The maximum atomic E-state index is 10.9. The van der Waals surface area contributed by atoms with E-state index in [1.54, 1.807) is 0 Å². The van der Waals surface area contributed by atoms with Crippen LogP contribution in [0.4, 0.5) is 0 Å². The van der Waals surface area contributed by atoms with E-state index in [-0.39, 0.29) is 12.1 Å². The Kier molecular flexibility index (Phi) is 4.60. The zero-order valence-electron chi connectivity index (χ0n) is 7.16. The average Bonchev–Trinajstić information content (AvgIpc) is 2.01. The Balaban J connectivity index is 4.52. The number of allylic oxidation sites excluding steroid dienone is 1. The van der Waals surface area contributed by atoms with Gasteiger partial charge in [0.25, 0.3) is 0 Å². The molecule has 0 N–H and O–H groups in total. The van der Waals surface area contributed by atoms with Crippen molar-refractivity contribution in [2.24, 2.45) is 4.99 Å². The third-order valence-corrected chi connectivity index (χ3v) is 1.05. The smallest absolute Gasteiger partial charge is 0.352 e. The summed E-state index contributed by atoms with van der Waals surface area (Å²) in [5.74, 6) is -1.01. The molecule has 4 heteroatoms. The molecule has 0 spiro atoms. The Bertz CT molecular complexity index is 230. The van der Waals surface area contributed by atoms with Gasteiger partial charge in [0.1, 0.15) is 5.71 Å². The second-order valence-corrected chi connectivity index (χ2v) is 2.06. The summed E-state index contributed by atoms with van der Waals surface area (Å²) >= 11 is 0. The van der Waals surface area contributed by atoms with Gasteiger partial charge in [0, 0.05) is 13.3 Å². The molecule has 0 heterocycles. The van der Waals surface area contributed by atoms with Crippen molar-refractivity contribution in [1.82, 2.24) is 0 Å². The first-order valence-corrected chi connectivity index (χ1v) is 3.39. The SMILES string of the molecule is C=CCC(=NC(C)=O)C(=O)OC. The molecule has 0 fully saturated rings. The number of carbonyl (C=O) groups is 2. The Labute approximate surface area is 70.9 Å². The molecular formula is C8H11NO3. The molecule has 0 bridgehead atoms. The minimum absolute atomic E-state index is 0.0833. The highest BCUT2D eigenvalue weighted by Gasteiger charge is 2.09. The van der Waals surface area contributed by atoms with Crippen LogP contribution in [0.3, 0.4) is 0 Å². The fourth-order valence-corrected chi connectivity index (χ4v) is 0.619. The number of carbonyl (C=O) groups excluding carboxylic acids is 2. The number of amides is 1. The predicted octanol–water partition coefficient (Wildman–Crippen LogP) is 0.723. The summed E-state index contributed by atoms with van der Waals surface area (Å²) in [5, 5.41) is 0. The van der Waals surface area contributed by atoms with Crippen LogP contribution in [0.5, 0.6) is 0 Å². The van der Waals surface area contributed by atoms with Crippen molar-refractivity contribution in [1.29, 1.82) is 0 Å². The van der Waals surface area contributed by atoms with Gasteiger partial charge < -0.3 is 4.74 Å². The third kappa shape index (κ3) is 3.65. The molecule has 0 radical (unpaired) electrons. The van der Waals surface area contributed by atoms with Crippen LogP contribution in [-0.4, -0.2) is 24.7 Å². The van der Waals surface area contributed by atoms with Gasteiger partial charge in [-0.25, -0.2) is 9.79 Å². The summed E-state index contributed by atoms with van der Waals surface area (Å²) < 4.78 is 4.40. The molecule has 0 saturated heterocycles. The van der Waals surface area contributed by atoms with Gasteiger partial charge in [-0.1, -0.05) is 6.08 Å². The molecule has 66 valence electrons. The number of nitrogens with zero attached hydrogens (tertiary/aromatic N) is 1. The fourth-order valence-electron chi connectivity index (χ4n) is 0.619. The van der Waals surface area contributed by atoms with Gasteiger partial charge in [0.15, 0.2) is 0 Å². The molecule has 0 aliphatic rings. The van der Waals surface area contributed by atoms with Gasteiger partial charge in [-0.05, 0) is 0 Å². The van der Waals surface area contributed by atoms with Crippen molar-refractivity contribution in [2.75, 3.05) is 7.11 Å². The number of methoxy groups -OCH3 is 1. The van der Waals surface area contributed by atoms with Gasteiger partial charge in [-0.3, -0.25) is 4.79 Å². The topological polar surface area (TPSA) is 55.7 Å². The average molecular weight is 169 g/mol. The van der Waals surface area contributed by atoms with E-state index in [1.165, 1.54) is 20.1 Å². The summed E-state index contributed by atoms with van der Waals surface area (Å²) in [6, 6.07) is 0. The molecule has 0 saturated carbocycles. The lowest BCUT2D eigenvalue weighted by Crippen LogP contribution is -2.16. The standard InChI is InChI=1S/C8H11NO3/c1-4-5-7(8(11)12-3)9-6(2)10/h4H,1,5H2,2-3H3. The zero-order chi connectivity index (χ0) is 9.56. The Morgan fingerprint density at radius 1 is 1.58 bits per heavy atom. The molecule has 0 aliphatic heterocycles. The van der Waals surface area contributed by atoms with Crippen LogP contribution in [0, 0.1) is 0 Å². The van der Waals surface area contributed by atoms with E-state index in [0.29, 0.717) is 0 Å². The summed E-state index contributed by atoms with van der Waals surface area (Å²) in [7, 11) is 1.24. The zero-order valence-corrected chi connectivity index (χ0v) is 7.16. The molecule has 1 amide bonds. The van der Waals surface area contributed by atoms with Gasteiger partial charge in [-0.2, -0.15) is 0 Å². The molecule has 0 rings (SSSR count). The summed E-state index contributed by atoms with van der Waals surface area (Å²) in [5.41, 5.74) is 0.0833. The minimum Gasteiger partial charge on any atom is -0.465 e. The molecule has 0 unspecified atom stereocenters. The fraction of sp³-hybridized carbons (Fsp3) is 0.375. The third-order valence-electron chi connectivity index (χ3n) is 1.05. The van der Waals surface area contributed by atoms with Crippen molar-refractivity contribution < 1.29 is 14.3 Å². The molecule has 0 aromatic heterocycles. The summed E-state index contributed by atoms with van der Waals surface area (Å²) in [4.78, 5) is 24.9. The Hall–Kier alpha value is -1.45. The number of rotatable bonds is 3. The van der Waals surface area contributed by atoms with Crippen molar-refractivity contribution in [3.05, 3.63) is 12.7 Å². The molecule has 0 aromatic carbocycles. The van der Waals surface area contributed by atoms with Crippen LogP contribution < -0.4 is 0 Å². The quantitative estimate of drug-likeness (QED) is 0.355. The lowest BCUT2D eigenvalue weighted by Gasteiger charge is -1.98. The highest BCUT2D eigenvalue weighted by molar-refractivity contribution is 6.38. The van der Waals surface area contributed by atoms with Gasteiger partial charge in [-0.15, -0.1) is 6.58 Å². The minimum atomic E-state index is -0.592. The van der Waals surface area contributed by atoms with E-state index in [4.69, 9.17) is 0 Å². The second kappa shape index (κ2) is 5.23. The first-order chi connectivity index (χ1) is 5.61. The van der Waals surface area contributed by atoms with Crippen LogP contribution in [0.25, 0.3) is 0 Å². The first-order valence-electron chi connectivity index (χ1n) is 3.39.